The first-order chi connectivity index (χ1) is 9.62. The molecule has 21 heavy (non-hydrogen) atoms. The van der Waals surface area contributed by atoms with Gasteiger partial charge in [-0.25, -0.2) is 0 Å². The molecular formula is C10H6F3N3O5. The number of aromatic hydroxyl groups is 2. The predicted octanol–water partition coefficient (Wildman–Crippen LogP) is 2.38. The van der Waals surface area contributed by atoms with Gasteiger partial charge in [-0.3, -0.25) is 10.1 Å². The van der Waals surface area contributed by atoms with E-state index in [1.807, 2.05) is 0 Å². The molecule has 0 saturated heterocycles. The summed E-state index contributed by atoms with van der Waals surface area (Å²) in [4.78, 5) is 12.9. The van der Waals surface area contributed by atoms with Crippen molar-refractivity contribution in [3.05, 3.63) is 27.6 Å². The largest absolute Gasteiger partial charge is 0.504 e. The van der Waals surface area contributed by atoms with Gasteiger partial charge >= 0.3 is 11.9 Å². The number of hydrogen-bond acceptors (Lipinski definition) is 7. The molecule has 0 bridgehead atoms. The fourth-order valence-corrected chi connectivity index (χ4v) is 1.69. The van der Waals surface area contributed by atoms with Gasteiger partial charge < -0.3 is 14.7 Å². The van der Waals surface area contributed by atoms with E-state index in [0.717, 1.165) is 0 Å². The molecule has 112 valence electrons. The van der Waals surface area contributed by atoms with Crippen LogP contribution in [0.2, 0.25) is 0 Å². The first-order valence-electron chi connectivity index (χ1n) is 5.24. The lowest BCUT2D eigenvalue weighted by Crippen LogP contribution is -2.11. The van der Waals surface area contributed by atoms with Crippen molar-refractivity contribution in [1.82, 2.24) is 10.1 Å². The van der Waals surface area contributed by atoms with Crippen LogP contribution in [0.4, 0.5) is 18.9 Å². The number of alkyl halides is 3. The number of aromatic nitrogens is 2. The Labute approximate surface area is 113 Å². The van der Waals surface area contributed by atoms with Crippen LogP contribution in [0.15, 0.2) is 10.6 Å². The predicted molar refractivity (Wildman–Crippen MR) is 59.5 cm³/mol. The van der Waals surface area contributed by atoms with Crippen molar-refractivity contribution in [2.75, 3.05) is 0 Å². The Morgan fingerprint density at radius 3 is 2.43 bits per heavy atom. The van der Waals surface area contributed by atoms with Crippen LogP contribution in [0.25, 0.3) is 11.4 Å². The highest BCUT2D eigenvalue weighted by Crippen LogP contribution is 2.49. The van der Waals surface area contributed by atoms with Gasteiger partial charge in [-0.2, -0.15) is 18.2 Å². The second-order valence-corrected chi connectivity index (χ2v) is 3.91. The highest BCUT2D eigenvalue weighted by atomic mass is 19.4. The van der Waals surface area contributed by atoms with Crippen molar-refractivity contribution in [3.8, 4) is 22.9 Å². The van der Waals surface area contributed by atoms with Gasteiger partial charge in [0.05, 0.1) is 4.92 Å². The third-order valence-electron chi connectivity index (χ3n) is 2.49. The maximum Gasteiger partial charge on any atom is 0.423 e. The molecule has 0 aliphatic rings. The summed E-state index contributed by atoms with van der Waals surface area (Å²) in [5.74, 6) is -3.27. The number of hydrogen-bond donors (Lipinski definition) is 2. The molecule has 1 aromatic heterocycles. The zero-order valence-corrected chi connectivity index (χ0v) is 10.2. The molecule has 2 N–H and O–H groups in total. The van der Waals surface area contributed by atoms with E-state index in [9.17, 15) is 33.5 Å². The van der Waals surface area contributed by atoms with Gasteiger partial charge in [-0.15, -0.1) is 0 Å². The van der Waals surface area contributed by atoms with Crippen LogP contribution in [0, 0.1) is 17.0 Å². The van der Waals surface area contributed by atoms with E-state index < -0.39 is 45.2 Å². The maximum absolute atomic E-state index is 13.1. The Bertz CT molecular complexity index is 725. The molecule has 2 aromatic rings. The van der Waals surface area contributed by atoms with Gasteiger partial charge in [0.15, 0.2) is 5.75 Å². The average Bonchev–Trinajstić information content (AvgIpc) is 2.76. The van der Waals surface area contributed by atoms with Crippen LogP contribution in [0.1, 0.15) is 11.5 Å². The van der Waals surface area contributed by atoms with E-state index in [4.69, 9.17) is 0 Å². The average molecular weight is 305 g/mol. The SMILES string of the molecule is Cc1nc(-c2cc(O)c(O)c([N+](=O)[O-])c2C(F)(F)F)no1. The summed E-state index contributed by atoms with van der Waals surface area (Å²) in [5, 5.41) is 32.7. The highest BCUT2D eigenvalue weighted by molar-refractivity contribution is 5.75. The second kappa shape index (κ2) is 4.61. The maximum atomic E-state index is 13.1. The Morgan fingerprint density at radius 2 is 2.00 bits per heavy atom. The lowest BCUT2D eigenvalue weighted by Gasteiger charge is -2.12. The molecule has 0 fully saturated rings. The van der Waals surface area contributed by atoms with E-state index in [0.29, 0.717) is 6.07 Å². The Kier molecular flexibility index (Phi) is 3.20. The third-order valence-corrected chi connectivity index (χ3v) is 2.49. The molecule has 1 aromatic carbocycles. The zero-order chi connectivity index (χ0) is 15.9. The number of phenols is 2. The number of nitrogens with zero attached hydrogens (tertiary/aromatic N) is 3. The van der Waals surface area contributed by atoms with Gasteiger partial charge in [0.25, 0.3) is 0 Å². The highest BCUT2D eigenvalue weighted by Gasteiger charge is 2.45. The van der Waals surface area contributed by atoms with Crippen molar-refractivity contribution in [2.45, 2.75) is 13.1 Å². The van der Waals surface area contributed by atoms with E-state index in [2.05, 4.69) is 14.7 Å². The summed E-state index contributed by atoms with van der Waals surface area (Å²) in [6, 6.07) is 0.482. The molecule has 0 unspecified atom stereocenters. The van der Waals surface area contributed by atoms with Crippen molar-refractivity contribution in [1.29, 1.82) is 0 Å². The first kappa shape index (κ1) is 14.6. The number of benzene rings is 1. The summed E-state index contributed by atoms with van der Waals surface area (Å²) in [5.41, 5.74) is -4.33. The molecule has 11 heteroatoms. The fraction of sp³-hybridized carbons (Fsp3) is 0.200. The van der Waals surface area contributed by atoms with Crippen molar-refractivity contribution in [3.63, 3.8) is 0 Å². The lowest BCUT2D eigenvalue weighted by atomic mass is 10.0. The number of aryl methyl sites for hydroxylation is 1. The molecular weight excluding hydrogens is 299 g/mol. The van der Waals surface area contributed by atoms with Crippen molar-refractivity contribution in [2.24, 2.45) is 0 Å². The number of rotatable bonds is 2. The Balaban J connectivity index is 2.90. The molecule has 0 aliphatic heterocycles. The smallest absolute Gasteiger partial charge is 0.423 e. The topological polar surface area (TPSA) is 123 Å². The minimum atomic E-state index is -5.18. The quantitative estimate of drug-likeness (QED) is 0.496. The monoisotopic (exact) mass is 305 g/mol. The van der Waals surface area contributed by atoms with Crippen LogP contribution in [0.3, 0.4) is 0 Å². The number of halogens is 3. The molecule has 8 nitrogen and oxygen atoms in total. The molecule has 0 spiro atoms. The van der Waals surface area contributed by atoms with Crippen LogP contribution in [0.5, 0.6) is 11.5 Å². The van der Waals surface area contributed by atoms with Crippen LogP contribution < -0.4 is 0 Å². The van der Waals surface area contributed by atoms with Crippen LogP contribution >= 0.6 is 0 Å². The van der Waals surface area contributed by atoms with Gasteiger partial charge in [0, 0.05) is 12.5 Å². The van der Waals surface area contributed by atoms with E-state index >= 15 is 0 Å². The summed E-state index contributed by atoms with van der Waals surface area (Å²) in [7, 11) is 0. The molecule has 2 rings (SSSR count). The van der Waals surface area contributed by atoms with E-state index in [1.165, 1.54) is 6.92 Å². The van der Waals surface area contributed by atoms with Crippen molar-refractivity contribution < 1.29 is 32.8 Å². The number of nitro groups is 1. The molecule has 1 heterocycles. The summed E-state index contributed by atoms with van der Waals surface area (Å²) >= 11 is 0. The lowest BCUT2D eigenvalue weighted by molar-refractivity contribution is -0.389. The number of phenolic OH excluding ortho intramolecular Hbond substituents is 2. The van der Waals surface area contributed by atoms with Crippen LogP contribution in [-0.2, 0) is 6.18 Å². The second-order valence-electron chi connectivity index (χ2n) is 3.91. The fourth-order valence-electron chi connectivity index (χ4n) is 1.69. The van der Waals surface area contributed by atoms with Gasteiger partial charge in [-0.1, -0.05) is 5.16 Å². The third kappa shape index (κ3) is 2.44. The molecule has 0 aliphatic carbocycles. The summed E-state index contributed by atoms with van der Waals surface area (Å²) < 4.78 is 43.8. The normalized spacial score (nSPS) is 11.6. The van der Waals surface area contributed by atoms with E-state index in [1.54, 1.807) is 0 Å². The molecule has 0 saturated carbocycles. The van der Waals surface area contributed by atoms with Gasteiger partial charge in [0.1, 0.15) is 5.56 Å². The molecule has 0 atom stereocenters. The minimum absolute atomic E-state index is 0.0756. The van der Waals surface area contributed by atoms with Gasteiger partial charge in [-0.05, 0) is 6.07 Å². The Hall–Kier alpha value is -2.85. The summed E-state index contributed by atoms with van der Waals surface area (Å²) in [6.45, 7) is 1.30. The molecule has 0 radical (unpaired) electrons. The first-order valence-corrected chi connectivity index (χ1v) is 5.24. The van der Waals surface area contributed by atoms with Gasteiger partial charge in [0.2, 0.25) is 17.5 Å². The summed E-state index contributed by atoms with van der Waals surface area (Å²) in [6.07, 6.45) is -5.18. The Morgan fingerprint density at radius 1 is 1.38 bits per heavy atom. The van der Waals surface area contributed by atoms with E-state index in [-0.39, 0.29) is 5.89 Å². The zero-order valence-electron chi connectivity index (χ0n) is 10.2. The standard InChI is InChI=1S/C10H6F3N3O5/c1-3-14-9(15-21-3)4-2-5(17)8(18)7(16(19)20)6(4)10(11,12)13/h2,17-18H,1H3. The number of nitro benzene ring substituents is 1. The van der Waals surface area contributed by atoms with Crippen molar-refractivity contribution >= 4 is 5.69 Å². The molecule has 0 amide bonds. The van der Waals surface area contributed by atoms with Crippen LogP contribution in [-0.4, -0.2) is 25.3 Å². The minimum Gasteiger partial charge on any atom is -0.504 e.